The highest BCUT2D eigenvalue weighted by molar-refractivity contribution is 5.84. The maximum atomic E-state index is 11.7. The van der Waals surface area contributed by atoms with E-state index in [2.05, 4.69) is 12.1 Å². The molecule has 0 fully saturated rings. The number of benzene rings is 1. The minimum Gasteiger partial charge on any atom is -0.294 e. The van der Waals surface area contributed by atoms with Gasteiger partial charge in [-0.1, -0.05) is 39.0 Å². The van der Waals surface area contributed by atoms with Crippen molar-refractivity contribution in [2.45, 2.75) is 20.8 Å². The van der Waals surface area contributed by atoms with E-state index in [1.807, 2.05) is 39.0 Å². The summed E-state index contributed by atoms with van der Waals surface area (Å²) in [5.41, 5.74) is -0.172. The van der Waals surface area contributed by atoms with Crippen molar-refractivity contribution in [3.63, 3.8) is 0 Å². The van der Waals surface area contributed by atoms with Gasteiger partial charge < -0.3 is 0 Å². The molecule has 0 saturated carbocycles. The third-order valence-electron chi connectivity index (χ3n) is 1.91. The van der Waals surface area contributed by atoms with E-state index >= 15 is 0 Å². The molecule has 0 saturated heterocycles. The van der Waals surface area contributed by atoms with Gasteiger partial charge in [0.1, 0.15) is 0 Å². The molecule has 0 bridgehead atoms. The third-order valence-corrected chi connectivity index (χ3v) is 4.59. The molecule has 1 rings (SSSR count). The smallest absolute Gasteiger partial charge is 0.294 e. The summed E-state index contributed by atoms with van der Waals surface area (Å²) in [7, 11) is 0. The van der Waals surface area contributed by atoms with Gasteiger partial charge in [0, 0.05) is 5.41 Å². The van der Waals surface area contributed by atoms with Crippen LogP contribution in [0.1, 0.15) is 20.8 Å². The van der Waals surface area contributed by atoms with Gasteiger partial charge in [-0.15, -0.1) is 0 Å². The topological polar surface area (TPSA) is 17.1 Å². The third kappa shape index (κ3) is 3.78. The Bertz CT molecular complexity index is 298. The molecule has 1 nitrogen and oxygen atoms in total. The molecule has 0 aliphatic rings. The highest BCUT2D eigenvalue weighted by Gasteiger charge is 2.27. The number of halogens is 1. The second kappa shape index (κ2) is 4.91. The zero-order valence-electron chi connectivity index (χ0n) is 8.88. The van der Waals surface area contributed by atoms with Crippen LogP contribution in [0, 0.1) is 8.99 Å². The van der Waals surface area contributed by atoms with Gasteiger partial charge in [-0.25, -0.2) is 0 Å². The first-order chi connectivity index (χ1) is 6.50. The van der Waals surface area contributed by atoms with E-state index in [0.717, 1.165) is 4.43 Å². The highest BCUT2D eigenvalue weighted by atomic mass is 127. The second-order valence-corrected chi connectivity index (χ2v) is 7.01. The lowest BCUT2D eigenvalue weighted by atomic mass is 9.92. The Morgan fingerprint density at radius 3 is 2.29 bits per heavy atom. The summed E-state index contributed by atoms with van der Waals surface area (Å²) in [4.78, 5) is 11.7. The summed E-state index contributed by atoms with van der Waals surface area (Å²) in [6, 6.07) is 10.3. The molecule has 1 aromatic carbocycles. The minimum atomic E-state index is -0.172. The molecule has 0 aromatic heterocycles. The lowest BCUT2D eigenvalue weighted by molar-refractivity contribution is -0.615. The van der Waals surface area contributed by atoms with Gasteiger partial charge in [0.05, 0.1) is 0 Å². The van der Waals surface area contributed by atoms with E-state index in [0.29, 0.717) is 5.78 Å². The molecular weight excluding hydrogens is 287 g/mol. The fourth-order valence-corrected chi connectivity index (χ4v) is 3.70. The van der Waals surface area contributed by atoms with E-state index in [1.165, 1.54) is 3.57 Å². The molecule has 0 spiro atoms. The van der Waals surface area contributed by atoms with Gasteiger partial charge in [-0.2, -0.15) is 0 Å². The Labute approximate surface area is 96.2 Å². The molecule has 0 N–H and O–H groups in total. The molecule has 0 radical (unpaired) electrons. The van der Waals surface area contributed by atoms with Crippen molar-refractivity contribution in [1.82, 2.24) is 0 Å². The van der Waals surface area contributed by atoms with Gasteiger partial charge in [0.2, 0.25) is 4.43 Å². The van der Waals surface area contributed by atoms with Gasteiger partial charge >= 0.3 is 21.2 Å². The Balaban J connectivity index is 2.46. The highest BCUT2D eigenvalue weighted by Crippen LogP contribution is 2.12. The van der Waals surface area contributed by atoms with Gasteiger partial charge in [-0.3, -0.25) is 4.79 Å². The number of ketones is 1. The average Bonchev–Trinajstić information content (AvgIpc) is 2.14. The Morgan fingerprint density at radius 2 is 1.79 bits per heavy atom. The lowest BCUT2D eigenvalue weighted by Gasteiger charge is -2.11. The molecule has 0 unspecified atom stereocenters. The van der Waals surface area contributed by atoms with Crippen LogP contribution in [-0.2, 0) is 4.79 Å². The fraction of sp³-hybridized carbons (Fsp3) is 0.417. The predicted molar refractivity (Wildman–Crippen MR) is 54.5 cm³/mol. The number of hydrogen-bond acceptors (Lipinski definition) is 1. The maximum Gasteiger partial charge on any atom is 0.321 e. The van der Waals surface area contributed by atoms with Crippen molar-refractivity contribution < 1.29 is 26.0 Å². The first kappa shape index (κ1) is 11.7. The Kier molecular flexibility index (Phi) is 4.11. The van der Waals surface area contributed by atoms with Crippen molar-refractivity contribution in [2.75, 3.05) is 4.43 Å². The zero-order valence-corrected chi connectivity index (χ0v) is 11.0. The summed E-state index contributed by atoms with van der Waals surface area (Å²) in [6.07, 6.45) is 0. The van der Waals surface area contributed by atoms with Crippen molar-refractivity contribution in [2.24, 2.45) is 5.41 Å². The maximum absolute atomic E-state index is 11.7. The molecule has 14 heavy (non-hydrogen) atoms. The molecule has 2 heteroatoms. The molecule has 0 amide bonds. The van der Waals surface area contributed by atoms with Crippen molar-refractivity contribution in [3.05, 3.63) is 33.9 Å². The molecule has 0 aliphatic heterocycles. The number of alkyl halides is 1. The number of carbonyl (C=O) groups is 1. The van der Waals surface area contributed by atoms with Gasteiger partial charge in [-0.05, 0) is 12.1 Å². The van der Waals surface area contributed by atoms with Crippen LogP contribution in [0.2, 0.25) is 0 Å². The minimum absolute atomic E-state index is 0.129. The van der Waals surface area contributed by atoms with E-state index in [1.54, 1.807) is 0 Å². The van der Waals surface area contributed by atoms with Crippen molar-refractivity contribution in [3.8, 4) is 0 Å². The van der Waals surface area contributed by atoms with Crippen LogP contribution in [0.4, 0.5) is 0 Å². The molecule has 0 heterocycles. The van der Waals surface area contributed by atoms with Crippen LogP contribution < -0.4 is 21.2 Å². The first-order valence-corrected chi connectivity index (χ1v) is 7.28. The summed E-state index contributed by atoms with van der Waals surface area (Å²) >= 11 is -0.129. The number of Topliss-reactive ketones (excluding diaryl/α,β-unsaturated/α-hetero) is 1. The van der Waals surface area contributed by atoms with E-state index < -0.39 is 0 Å². The molecule has 0 atom stereocenters. The molecule has 0 aliphatic carbocycles. The summed E-state index contributed by atoms with van der Waals surface area (Å²) in [5.74, 6) is 0.383. The van der Waals surface area contributed by atoms with Crippen LogP contribution in [0.15, 0.2) is 30.3 Å². The number of carbonyl (C=O) groups excluding carboxylic acids is 1. The standard InChI is InChI=1S/C12H16IO/c1-12(2,3)11(14)9-13-10-7-5-4-6-8-10/h4-8H,9H2,1-3H3/q+1. The van der Waals surface area contributed by atoms with Crippen LogP contribution in [0.5, 0.6) is 0 Å². The van der Waals surface area contributed by atoms with Crippen molar-refractivity contribution in [1.29, 1.82) is 0 Å². The summed E-state index contributed by atoms with van der Waals surface area (Å²) in [6.45, 7) is 5.97. The van der Waals surface area contributed by atoms with E-state index in [9.17, 15) is 4.79 Å². The Hall–Kier alpha value is -0.380. The Morgan fingerprint density at radius 1 is 1.21 bits per heavy atom. The molecule has 1 aromatic rings. The monoisotopic (exact) mass is 303 g/mol. The normalized spacial score (nSPS) is 11.4. The molecular formula is C12H16IO+. The van der Waals surface area contributed by atoms with E-state index in [-0.39, 0.29) is 26.6 Å². The van der Waals surface area contributed by atoms with Crippen LogP contribution in [-0.4, -0.2) is 10.2 Å². The summed E-state index contributed by atoms with van der Waals surface area (Å²) < 4.78 is 2.11. The van der Waals surface area contributed by atoms with Crippen molar-refractivity contribution >= 4 is 5.78 Å². The summed E-state index contributed by atoms with van der Waals surface area (Å²) in [5, 5.41) is 0. The number of rotatable bonds is 3. The second-order valence-electron chi connectivity index (χ2n) is 4.24. The van der Waals surface area contributed by atoms with E-state index in [4.69, 9.17) is 0 Å². The van der Waals surface area contributed by atoms with Gasteiger partial charge in [0.25, 0.3) is 0 Å². The first-order valence-electron chi connectivity index (χ1n) is 4.67. The van der Waals surface area contributed by atoms with Crippen LogP contribution in [0.25, 0.3) is 0 Å². The quantitative estimate of drug-likeness (QED) is 0.547. The van der Waals surface area contributed by atoms with Crippen LogP contribution >= 0.6 is 0 Å². The lowest BCUT2D eigenvalue weighted by Crippen LogP contribution is -3.63. The SMILES string of the molecule is CC(C)(C)C(=O)C[I+]c1ccccc1. The average molecular weight is 303 g/mol. The zero-order chi connectivity index (χ0) is 10.6. The molecule has 76 valence electrons. The predicted octanol–water partition coefficient (Wildman–Crippen LogP) is -0.440. The number of hydrogen-bond donors (Lipinski definition) is 0. The largest absolute Gasteiger partial charge is 0.321 e. The van der Waals surface area contributed by atoms with Crippen LogP contribution in [0.3, 0.4) is 0 Å². The van der Waals surface area contributed by atoms with Gasteiger partial charge in [0.15, 0.2) is 9.35 Å². The fourth-order valence-electron chi connectivity index (χ4n) is 0.842.